The molecular formula is C12H5Cl9OS. The molecule has 0 saturated carbocycles. The van der Waals surface area contributed by atoms with Crippen LogP contribution in [0.25, 0.3) is 0 Å². The molecule has 2 aromatic carbocycles. The molecule has 0 bridgehead atoms. The quantitative estimate of drug-likeness (QED) is 0.291. The van der Waals surface area contributed by atoms with Crippen LogP contribution < -0.4 is 4.74 Å². The zero-order valence-electron chi connectivity index (χ0n) is 10.6. The Morgan fingerprint density at radius 2 is 1.13 bits per heavy atom. The van der Waals surface area contributed by atoms with Crippen LogP contribution in [-0.4, -0.2) is 0 Å². The molecule has 1 nitrogen and oxygen atoms in total. The van der Waals surface area contributed by atoms with E-state index >= 15 is 0 Å². The van der Waals surface area contributed by atoms with Crippen molar-refractivity contribution in [3.8, 4) is 11.5 Å². The zero-order valence-corrected chi connectivity index (χ0v) is 18.2. The van der Waals surface area contributed by atoms with Crippen molar-refractivity contribution in [3.05, 3.63) is 50.4 Å². The first-order chi connectivity index (χ1) is 10.2. The largest absolute Gasteiger partial charge is 0.454 e. The summed E-state index contributed by atoms with van der Waals surface area (Å²) in [7, 11) is 30.5. The van der Waals surface area contributed by atoms with Crippen molar-refractivity contribution in [1.82, 2.24) is 0 Å². The minimum atomic E-state index is -5.41. The summed E-state index contributed by atoms with van der Waals surface area (Å²) in [6.45, 7) is 0. The summed E-state index contributed by atoms with van der Waals surface area (Å²) in [6, 6.07) is 8.50. The first kappa shape index (κ1) is 20.5. The second-order valence-corrected chi connectivity index (χ2v) is 24.5. The maximum Gasteiger partial charge on any atom is 0.165 e. The predicted molar refractivity (Wildman–Crippen MR) is 108 cm³/mol. The van der Waals surface area contributed by atoms with Crippen molar-refractivity contribution in [2.75, 3.05) is 0 Å². The van der Waals surface area contributed by atoms with Gasteiger partial charge in [-0.3, -0.25) is 0 Å². The van der Waals surface area contributed by atoms with Gasteiger partial charge in [-0.05, 0) is 65.5 Å². The van der Waals surface area contributed by atoms with Gasteiger partial charge < -0.3 is 4.74 Å². The van der Waals surface area contributed by atoms with Crippen LogP contribution in [0, 0.1) is 0 Å². The molecule has 0 aliphatic rings. The third kappa shape index (κ3) is 4.68. The fraction of sp³-hybridized carbons (Fsp3) is 0. The summed E-state index contributed by atoms with van der Waals surface area (Å²) in [6.07, 6.45) is 0. The van der Waals surface area contributed by atoms with Crippen molar-refractivity contribution >= 4 is 104 Å². The maximum atomic E-state index is 6.18. The highest BCUT2D eigenvalue weighted by atomic mass is 36.6. The molecular weight excluding hydrogens is 511 g/mol. The van der Waals surface area contributed by atoms with Crippen LogP contribution in [0.3, 0.4) is 0 Å². The van der Waals surface area contributed by atoms with Gasteiger partial charge in [-0.2, -0.15) is 0 Å². The van der Waals surface area contributed by atoms with E-state index in [-0.39, 0.29) is 30.7 Å². The monoisotopic (exact) mass is 512 g/mol. The van der Waals surface area contributed by atoms with Gasteiger partial charge in [0.15, 0.2) is 5.75 Å². The maximum absolute atomic E-state index is 6.18. The fourth-order valence-electron chi connectivity index (χ4n) is 1.63. The normalized spacial score (nSPS) is 15.0. The molecule has 0 amide bonds. The second-order valence-electron chi connectivity index (χ2n) is 4.30. The van der Waals surface area contributed by atoms with Gasteiger partial charge in [-0.1, -0.05) is 64.6 Å². The average molecular weight is 516 g/mol. The van der Waals surface area contributed by atoms with Crippen LogP contribution in [0.15, 0.2) is 35.2 Å². The van der Waals surface area contributed by atoms with Gasteiger partial charge in [0.1, 0.15) is 15.7 Å². The van der Waals surface area contributed by atoms with E-state index in [1.807, 2.05) is 0 Å². The third-order valence-corrected chi connectivity index (χ3v) is 7.90. The molecule has 2 rings (SSSR count). The van der Waals surface area contributed by atoms with Crippen molar-refractivity contribution in [3.63, 3.8) is 0 Å². The van der Waals surface area contributed by atoms with Crippen LogP contribution in [0.2, 0.25) is 20.1 Å². The summed E-state index contributed by atoms with van der Waals surface area (Å²) in [5.41, 5.74) is 0. The molecule has 0 N–H and O–H groups in total. The number of halogens is 9. The molecule has 0 spiro atoms. The Labute approximate surface area is 174 Å². The summed E-state index contributed by atoms with van der Waals surface area (Å²) in [5.74, 6) is 0.175. The highest BCUT2D eigenvalue weighted by molar-refractivity contribution is 9.23. The lowest BCUT2D eigenvalue weighted by molar-refractivity contribution is 0.471. The molecule has 0 aliphatic heterocycles. The highest BCUT2D eigenvalue weighted by Gasteiger charge is 2.59. The minimum absolute atomic E-state index is 0.0896. The molecule has 0 aliphatic carbocycles. The van der Waals surface area contributed by atoms with Gasteiger partial charge in [0, 0.05) is 4.36 Å². The molecule has 23 heavy (non-hydrogen) atoms. The minimum Gasteiger partial charge on any atom is -0.454 e. The fourth-order valence-corrected chi connectivity index (χ4v) is 6.93. The Kier molecular flexibility index (Phi) is 5.46. The molecule has 0 unspecified atom stereocenters. The van der Waals surface area contributed by atoms with Crippen LogP contribution in [0.4, 0.5) is 0 Å². The van der Waals surface area contributed by atoms with Crippen molar-refractivity contribution < 1.29 is 4.74 Å². The number of benzene rings is 2. The molecule has 11 heteroatoms. The average Bonchev–Trinajstić information content (AvgIpc) is 2.40. The number of rotatable bonds is 3. The highest BCUT2D eigenvalue weighted by Crippen LogP contribution is 3.14. The van der Waals surface area contributed by atoms with E-state index < -0.39 is 4.36 Å². The third-order valence-electron chi connectivity index (χ3n) is 2.53. The topological polar surface area (TPSA) is 9.23 Å². The molecule has 0 heterocycles. The van der Waals surface area contributed by atoms with Crippen LogP contribution in [-0.2, 0) is 0 Å². The number of hydrogen-bond donors (Lipinski definition) is 0. The molecule has 0 atom stereocenters. The van der Waals surface area contributed by atoms with Gasteiger partial charge >= 0.3 is 0 Å². The van der Waals surface area contributed by atoms with Crippen molar-refractivity contribution in [2.24, 2.45) is 0 Å². The smallest absolute Gasteiger partial charge is 0.165 e. The van der Waals surface area contributed by atoms with Gasteiger partial charge in [0.05, 0.1) is 15.1 Å². The summed E-state index contributed by atoms with van der Waals surface area (Å²) < 4.78 is 0.251. The van der Waals surface area contributed by atoms with Crippen molar-refractivity contribution in [1.29, 1.82) is 0 Å². The lowest BCUT2D eigenvalue weighted by Crippen LogP contribution is -2.04. The zero-order chi connectivity index (χ0) is 17.7. The summed E-state index contributed by atoms with van der Waals surface area (Å²) >= 11 is 24.4. The first-order valence-electron chi connectivity index (χ1n) is 5.55. The van der Waals surface area contributed by atoms with E-state index in [1.165, 1.54) is 0 Å². The van der Waals surface area contributed by atoms with Crippen LogP contribution >= 0.6 is 104 Å². The Hall–Kier alpha value is 1.20. The van der Waals surface area contributed by atoms with E-state index in [2.05, 4.69) is 0 Å². The number of ether oxygens (including phenoxy) is 1. The Morgan fingerprint density at radius 3 is 1.61 bits per heavy atom. The molecule has 128 valence electrons. The van der Waals surface area contributed by atoms with Gasteiger partial charge in [-0.25, -0.2) is 0 Å². The summed E-state index contributed by atoms with van der Waals surface area (Å²) in [4.78, 5) is -0.358. The molecule has 0 radical (unpaired) electrons. The van der Waals surface area contributed by atoms with Gasteiger partial charge in [-0.15, -0.1) is 0 Å². The predicted octanol–water partition coefficient (Wildman–Crippen LogP) is 10.1. The van der Waals surface area contributed by atoms with E-state index in [9.17, 15) is 0 Å². The molecule has 0 fully saturated rings. The van der Waals surface area contributed by atoms with Gasteiger partial charge in [0.2, 0.25) is 0 Å². The lowest BCUT2D eigenvalue weighted by Gasteiger charge is -2.51. The molecule has 0 aromatic heterocycles. The Balaban J connectivity index is 2.86. The van der Waals surface area contributed by atoms with E-state index in [4.69, 9.17) is 105 Å². The SMILES string of the molecule is Clc1c(Cl)c(Cl)c(S(Cl)(Cl)(Cl)(Cl)Cl)c(Oc2ccccc2)c1Cl. The van der Waals surface area contributed by atoms with Crippen LogP contribution in [0.1, 0.15) is 0 Å². The van der Waals surface area contributed by atoms with Crippen LogP contribution in [0.5, 0.6) is 11.5 Å². The second kappa shape index (κ2) is 6.13. The molecule has 2 aromatic rings. The Bertz CT molecular complexity index is 771. The van der Waals surface area contributed by atoms with Gasteiger partial charge in [0.25, 0.3) is 0 Å². The Morgan fingerprint density at radius 1 is 0.652 bits per heavy atom. The number of para-hydroxylation sites is 1. The standard InChI is InChI=1S/C12H5Cl9OS/c13-7-8(14)10(16)12(23(17,18,19,20)21)11(9(7)15)22-6-4-2-1-3-5-6/h1-5H. The molecule has 0 saturated heterocycles. The van der Waals surface area contributed by atoms with E-state index in [0.29, 0.717) is 5.75 Å². The number of hydrogen-bond acceptors (Lipinski definition) is 1. The van der Waals surface area contributed by atoms with Crippen molar-refractivity contribution in [2.45, 2.75) is 4.90 Å². The first-order valence-corrected chi connectivity index (χ1v) is 13.6. The van der Waals surface area contributed by atoms with E-state index in [0.717, 1.165) is 0 Å². The van der Waals surface area contributed by atoms with E-state index in [1.54, 1.807) is 30.3 Å². The lowest BCUT2D eigenvalue weighted by atomic mass is 10.3. The summed E-state index contributed by atoms with van der Waals surface area (Å²) in [5, 5.41) is -0.665.